The van der Waals surface area contributed by atoms with Gasteiger partial charge in [-0.05, 0) is 47.9 Å². The smallest absolute Gasteiger partial charge is 0.143 e. The molecule has 0 heterocycles. The molecule has 1 aliphatic carbocycles. The summed E-state index contributed by atoms with van der Waals surface area (Å²) in [5.74, 6) is 0.864. The van der Waals surface area contributed by atoms with E-state index in [-0.39, 0.29) is 5.41 Å². The van der Waals surface area contributed by atoms with Gasteiger partial charge in [0.25, 0.3) is 0 Å². The van der Waals surface area contributed by atoms with Gasteiger partial charge < -0.3 is 0 Å². The lowest BCUT2D eigenvalue weighted by Crippen LogP contribution is -2.35. The van der Waals surface area contributed by atoms with Gasteiger partial charge in [0.2, 0.25) is 0 Å². The van der Waals surface area contributed by atoms with Crippen LogP contribution in [0.5, 0.6) is 0 Å². The Morgan fingerprint density at radius 1 is 0.957 bits per heavy atom. The van der Waals surface area contributed by atoms with Crippen LogP contribution in [0, 0.1) is 0 Å². The topological polar surface area (TPSA) is 17.1 Å². The third-order valence-corrected chi connectivity index (χ3v) is 5.31. The van der Waals surface area contributed by atoms with Crippen LogP contribution in [-0.2, 0) is 10.2 Å². The quantitative estimate of drug-likeness (QED) is 0.692. The van der Waals surface area contributed by atoms with E-state index in [1.165, 1.54) is 22.3 Å². The van der Waals surface area contributed by atoms with Crippen molar-refractivity contribution >= 4 is 5.78 Å². The Morgan fingerprint density at radius 2 is 1.70 bits per heavy atom. The number of hydrogen-bond acceptors (Lipinski definition) is 1. The lowest BCUT2D eigenvalue weighted by Gasteiger charge is -2.33. The minimum Gasteiger partial charge on any atom is -0.299 e. The molecule has 1 nitrogen and oxygen atoms in total. The highest BCUT2D eigenvalue weighted by Gasteiger charge is 2.37. The van der Waals surface area contributed by atoms with Crippen LogP contribution in [0.3, 0.4) is 0 Å². The summed E-state index contributed by atoms with van der Waals surface area (Å²) < 4.78 is 0. The van der Waals surface area contributed by atoms with Crippen molar-refractivity contribution in [3.05, 3.63) is 59.7 Å². The van der Waals surface area contributed by atoms with Crippen molar-refractivity contribution in [2.24, 2.45) is 0 Å². The maximum absolute atomic E-state index is 12.6. The molecule has 1 fully saturated rings. The normalized spacial score (nSPS) is 21.7. The molecule has 1 heteroatoms. The number of rotatable bonds is 3. The van der Waals surface area contributed by atoms with E-state index in [1.54, 1.807) is 0 Å². The van der Waals surface area contributed by atoms with E-state index in [9.17, 15) is 4.79 Å². The fourth-order valence-electron chi connectivity index (χ4n) is 3.59. The summed E-state index contributed by atoms with van der Waals surface area (Å²) in [5.41, 5.74) is 4.66. The van der Waals surface area contributed by atoms with Gasteiger partial charge >= 0.3 is 0 Å². The van der Waals surface area contributed by atoms with Crippen LogP contribution >= 0.6 is 0 Å². The van der Waals surface area contributed by atoms with Crippen molar-refractivity contribution in [3.8, 4) is 11.1 Å². The van der Waals surface area contributed by atoms with Crippen molar-refractivity contribution in [1.29, 1.82) is 0 Å². The van der Waals surface area contributed by atoms with Gasteiger partial charge in [0.15, 0.2) is 0 Å². The highest BCUT2D eigenvalue weighted by Crippen LogP contribution is 2.39. The fraction of sp³-hybridized carbons (Fsp3) is 0.409. The van der Waals surface area contributed by atoms with Crippen LogP contribution in [0.4, 0.5) is 0 Å². The third-order valence-electron chi connectivity index (χ3n) is 5.31. The molecule has 1 saturated carbocycles. The van der Waals surface area contributed by atoms with E-state index in [0.29, 0.717) is 11.7 Å². The summed E-state index contributed by atoms with van der Waals surface area (Å²) in [7, 11) is 0. The lowest BCUT2D eigenvalue weighted by molar-refractivity contribution is -0.125. The first-order chi connectivity index (χ1) is 11.0. The number of Topliss-reactive ketones (excluding diaryl/α,β-unsaturated/α-hetero) is 1. The number of benzene rings is 2. The molecule has 2 aromatic carbocycles. The molecular weight excluding hydrogens is 280 g/mol. The molecule has 120 valence electrons. The monoisotopic (exact) mass is 306 g/mol. The standard InChI is InChI=1S/C22H26O/c1-16(2)18-13-19(17-9-5-4-6-10-17)15-20(14-18)22(3)12-8-7-11-21(22)23/h4-6,9-10,13-16H,7-8,11-12H2,1-3H3/t22-/m0/s1. The number of hydrogen-bond donors (Lipinski definition) is 0. The van der Waals surface area contributed by atoms with Crippen molar-refractivity contribution in [2.45, 2.75) is 57.8 Å². The number of ketones is 1. The predicted octanol–water partition coefficient (Wildman–Crippen LogP) is 5.88. The van der Waals surface area contributed by atoms with Gasteiger partial charge in [-0.1, -0.05) is 68.8 Å². The maximum atomic E-state index is 12.6. The van der Waals surface area contributed by atoms with Crippen molar-refractivity contribution in [3.63, 3.8) is 0 Å². The molecular formula is C22H26O. The van der Waals surface area contributed by atoms with E-state index in [2.05, 4.69) is 63.2 Å². The van der Waals surface area contributed by atoms with E-state index >= 15 is 0 Å². The molecule has 0 aliphatic heterocycles. The zero-order valence-electron chi connectivity index (χ0n) is 14.4. The van der Waals surface area contributed by atoms with Gasteiger partial charge in [-0.3, -0.25) is 4.79 Å². The zero-order valence-corrected chi connectivity index (χ0v) is 14.4. The second kappa shape index (κ2) is 6.31. The third kappa shape index (κ3) is 3.10. The van der Waals surface area contributed by atoms with Crippen LogP contribution in [0.15, 0.2) is 48.5 Å². The van der Waals surface area contributed by atoms with Gasteiger partial charge in [0.1, 0.15) is 5.78 Å². The predicted molar refractivity (Wildman–Crippen MR) is 96.8 cm³/mol. The average Bonchev–Trinajstić information content (AvgIpc) is 2.58. The molecule has 0 N–H and O–H groups in total. The molecule has 0 unspecified atom stereocenters. The minimum atomic E-state index is -0.313. The summed E-state index contributed by atoms with van der Waals surface area (Å²) in [4.78, 5) is 12.6. The van der Waals surface area contributed by atoms with Gasteiger partial charge in [-0.25, -0.2) is 0 Å². The molecule has 23 heavy (non-hydrogen) atoms. The molecule has 0 amide bonds. The van der Waals surface area contributed by atoms with Crippen LogP contribution < -0.4 is 0 Å². The second-order valence-electron chi connectivity index (χ2n) is 7.33. The Kier molecular flexibility index (Phi) is 4.39. The molecule has 3 rings (SSSR count). The number of carbonyl (C=O) groups excluding carboxylic acids is 1. The van der Waals surface area contributed by atoms with Crippen molar-refractivity contribution in [1.82, 2.24) is 0 Å². The molecule has 0 spiro atoms. The van der Waals surface area contributed by atoms with Crippen LogP contribution in [-0.4, -0.2) is 5.78 Å². The van der Waals surface area contributed by atoms with Crippen molar-refractivity contribution < 1.29 is 4.79 Å². The summed E-state index contributed by atoms with van der Waals surface area (Å²) in [6.45, 7) is 6.58. The Morgan fingerprint density at radius 3 is 2.35 bits per heavy atom. The second-order valence-corrected chi connectivity index (χ2v) is 7.33. The Hall–Kier alpha value is -1.89. The highest BCUT2D eigenvalue weighted by molar-refractivity contribution is 5.91. The SMILES string of the molecule is CC(C)c1cc(-c2ccccc2)cc([C@]2(C)CCCCC2=O)c1. The molecule has 2 aromatic rings. The van der Waals surface area contributed by atoms with Crippen LogP contribution in [0.1, 0.15) is 63.5 Å². The van der Waals surface area contributed by atoms with E-state index in [0.717, 1.165) is 25.7 Å². The van der Waals surface area contributed by atoms with E-state index in [4.69, 9.17) is 0 Å². The average molecular weight is 306 g/mol. The van der Waals surface area contributed by atoms with Gasteiger partial charge in [0.05, 0.1) is 5.41 Å². The molecule has 1 atom stereocenters. The van der Waals surface area contributed by atoms with Crippen LogP contribution in [0.2, 0.25) is 0 Å². The lowest BCUT2D eigenvalue weighted by atomic mass is 9.69. The molecule has 0 saturated heterocycles. The van der Waals surface area contributed by atoms with Gasteiger partial charge in [-0.2, -0.15) is 0 Å². The Balaban J connectivity index is 2.13. The maximum Gasteiger partial charge on any atom is 0.143 e. The fourth-order valence-corrected chi connectivity index (χ4v) is 3.59. The summed E-state index contributed by atoms with van der Waals surface area (Å²) in [5, 5.41) is 0. The minimum absolute atomic E-state index is 0.313. The van der Waals surface area contributed by atoms with E-state index < -0.39 is 0 Å². The van der Waals surface area contributed by atoms with E-state index in [1.807, 2.05) is 6.07 Å². The van der Waals surface area contributed by atoms with Gasteiger partial charge in [-0.15, -0.1) is 0 Å². The summed E-state index contributed by atoms with van der Waals surface area (Å²) in [6, 6.07) is 17.3. The molecule has 0 bridgehead atoms. The molecule has 0 radical (unpaired) electrons. The summed E-state index contributed by atoms with van der Waals surface area (Å²) >= 11 is 0. The molecule has 0 aromatic heterocycles. The van der Waals surface area contributed by atoms with Gasteiger partial charge in [0, 0.05) is 6.42 Å². The van der Waals surface area contributed by atoms with Crippen LogP contribution in [0.25, 0.3) is 11.1 Å². The zero-order chi connectivity index (χ0) is 16.4. The Bertz CT molecular complexity index is 699. The first kappa shape index (κ1) is 16.0. The number of carbonyl (C=O) groups is 1. The largest absolute Gasteiger partial charge is 0.299 e. The first-order valence-corrected chi connectivity index (χ1v) is 8.75. The molecule has 1 aliphatic rings. The highest BCUT2D eigenvalue weighted by atomic mass is 16.1. The first-order valence-electron chi connectivity index (χ1n) is 8.75. The Labute approximate surface area is 139 Å². The summed E-state index contributed by atoms with van der Waals surface area (Å²) in [6.07, 6.45) is 3.89. The van der Waals surface area contributed by atoms with Crippen molar-refractivity contribution in [2.75, 3.05) is 0 Å².